The number of carbonyl (C=O) groups excluding carboxylic acids is 1. The lowest BCUT2D eigenvalue weighted by Gasteiger charge is -2.37. The molecule has 2 N–H and O–H groups in total. The quantitative estimate of drug-likeness (QED) is 0.196. The first-order valence-corrected chi connectivity index (χ1v) is 15.2. The van der Waals surface area contributed by atoms with Gasteiger partial charge >= 0.3 is 5.97 Å². The highest BCUT2D eigenvalue weighted by molar-refractivity contribution is 5.90. The lowest BCUT2D eigenvalue weighted by atomic mass is 9.82. The number of nitrogens with one attached hydrogen (secondary N) is 1. The summed E-state index contributed by atoms with van der Waals surface area (Å²) in [5, 5.41) is 13.8. The van der Waals surface area contributed by atoms with Gasteiger partial charge in [-0.1, -0.05) is 74.4 Å². The maximum absolute atomic E-state index is 14.1. The van der Waals surface area contributed by atoms with E-state index in [0.29, 0.717) is 6.61 Å². The van der Waals surface area contributed by atoms with Crippen molar-refractivity contribution in [2.45, 2.75) is 89.0 Å². The van der Waals surface area contributed by atoms with Crippen molar-refractivity contribution in [1.82, 2.24) is 10.2 Å². The van der Waals surface area contributed by atoms with Crippen molar-refractivity contribution in [2.24, 2.45) is 5.92 Å². The zero-order chi connectivity index (χ0) is 29.2. The van der Waals surface area contributed by atoms with Gasteiger partial charge in [0.1, 0.15) is 5.54 Å². The first kappa shape index (κ1) is 30.7. The third kappa shape index (κ3) is 7.75. The number of carboxylic acids is 1. The summed E-state index contributed by atoms with van der Waals surface area (Å²) in [4.78, 5) is 28.2. The van der Waals surface area contributed by atoms with Gasteiger partial charge in [0, 0.05) is 13.0 Å². The van der Waals surface area contributed by atoms with Crippen LogP contribution in [0.15, 0.2) is 67.8 Å². The van der Waals surface area contributed by atoms with E-state index in [9.17, 15) is 14.7 Å². The number of carboxylic acid groups (broad SMARTS) is 1. The summed E-state index contributed by atoms with van der Waals surface area (Å²) in [6, 6.07) is 16.0. The minimum atomic E-state index is -1.30. The summed E-state index contributed by atoms with van der Waals surface area (Å²) >= 11 is 0. The Kier molecular flexibility index (Phi) is 10.9. The second-order valence-electron chi connectivity index (χ2n) is 11.8. The zero-order valence-electron chi connectivity index (χ0n) is 24.5. The first-order valence-electron chi connectivity index (χ1n) is 15.2. The Morgan fingerprint density at radius 2 is 1.83 bits per heavy atom. The molecule has 1 aliphatic heterocycles. The maximum Gasteiger partial charge on any atom is 0.329 e. The van der Waals surface area contributed by atoms with Gasteiger partial charge in [-0.05, 0) is 85.9 Å². The summed E-state index contributed by atoms with van der Waals surface area (Å²) in [6.07, 6.45) is 12.0. The number of unbranched alkanes of at least 4 members (excludes halogenated alkanes) is 2. The molecule has 2 aliphatic rings. The van der Waals surface area contributed by atoms with Crippen molar-refractivity contribution < 1.29 is 19.4 Å². The van der Waals surface area contributed by atoms with Crippen molar-refractivity contribution in [1.29, 1.82) is 0 Å². The molecule has 0 bridgehead atoms. The normalized spacial score (nSPS) is 21.9. The number of ether oxygens (including phenoxy) is 1. The summed E-state index contributed by atoms with van der Waals surface area (Å²) in [5.41, 5.74) is 2.96. The smallest absolute Gasteiger partial charge is 0.329 e. The molecular formula is C35H46N2O4. The van der Waals surface area contributed by atoms with Crippen LogP contribution in [0.2, 0.25) is 0 Å². The van der Waals surface area contributed by atoms with E-state index in [4.69, 9.17) is 4.74 Å². The summed E-state index contributed by atoms with van der Waals surface area (Å²) in [5.74, 6) is -0.842. The number of carbonyl (C=O) groups is 2. The standard InChI is InChI=1S/C35H46N2O4/c1-4-6-7-11-20-36-32(28-16-9-8-10-17-28)33(38)37-24-31(23-35(37,3)34(39)40)41-25-27-15-13-19-30(22-27)29-18-12-14-26(5-2)21-29/h4-5,12-15,18-19,21-22,28,31-32,36H,1-2,6-11,16-17,20,23-25H2,3H3,(H,39,40)/t31-,32+,35+/m1/s1. The molecule has 1 saturated heterocycles. The zero-order valence-corrected chi connectivity index (χ0v) is 24.5. The molecule has 2 fully saturated rings. The fourth-order valence-electron chi connectivity index (χ4n) is 6.33. The molecule has 1 heterocycles. The Morgan fingerprint density at radius 1 is 1.10 bits per heavy atom. The van der Waals surface area contributed by atoms with E-state index in [2.05, 4.69) is 42.7 Å². The number of rotatable bonds is 14. The van der Waals surface area contributed by atoms with Crippen molar-refractivity contribution in [3.05, 3.63) is 78.9 Å². The highest BCUT2D eigenvalue weighted by Crippen LogP contribution is 2.35. The molecular weight excluding hydrogens is 512 g/mol. The van der Waals surface area contributed by atoms with E-state index in [1.807, 2.05) is 36.4 Å². The highest BCUT2D eigenvalue weighted by Gasteiger charge is 2.52. The van der Waals surface area contributed by atoms with Gasteiger partial charge in [-0.15, -0.1) is 6.58 Å². The third-order valence-electron chi connectivity index (χ3n) is 8.79. The maximum atomic E-state index is 14.1. The highest BCUT2D eigenvalue weighted by atomic mass is 16.5. The molecule has 0 aromatic heterocycles. The number of benzene rings is 2. The molecule has 1 aliphatic carbocycles. The molecule has 6 nitrogen and oxygen atoms in total. The number of amides is 1. The number of hydrogen-bond donors (Lipinski definition) is 2. The molecule has 41 heavy (non-hydrogen) atoms. The van der Waals surface area contributed by atoms with Gasteiger partial charge in [-0.25, -0.2) is 4.79 Å². The molecule has 1 amide bonds. The molecule has 1 saturated carbocycles. The van der Waals surface area contributed by atoms with Crippen LogP contribution in [0.5, 0.6) is 0 Å². The Balaban J connectivity index is 1.45. The molecule has 0 radical (unpaired) electrons. The largest absolute Gasteiger partial charge is 0.480 e. The van der Waals surface area contributed by atoms with E-state index >= 15 is 0 Å². The second-order valence-corrected chi connectivity index (χ2v) is 11.8. The Hall–Kier alpha value is -3.22. The SMILES string of the molecule is C=CCCCCN[C@H](C(=O)N1C[C@H](OCc2cccc(-c3cccc(C=C)c3)c2)C[C@@]1(C)C(=O)O)C1CCCCC1. The second kappa shape index (κ2) is 14.6. The van der Waals surface area contributed by atoms with Crippen LogP contribution in [0.3, 0.4) is 0 Å². The van der Waals surface area contributed by atoms with Crippen LogP contribution < -0.4 is 5.32 Å². The van der Waals surface area contributed by atoms with Gasteiger partial charge in [0.05, 0.1) is 18.8 Å². The van der Waals surface area contributed by atoms with E-state index in [1.54, 1.807) is 11.8 Å². The van der Waals surface area contributed by atoms with Gasteiger partial charge < -0.3 is 20.1 Å². The monoisotopic (exact) mass is 558 g/mol. The fourth-order valence-corrected chi connectivity index (χ4v) is 6.33. The van der Waals surface area contributed by atoms with Gasteiger partial charge in [-0.2, -0.15) is 0 Å². The first-order chi connectivity index (χ1) is 19.9. The lowest BCUT2D eigenvalue weighted by molar-refractivity contribution is -0.156. The van der Waals surface area contributed by atoms with E-state index in [-0.39, 0.29) is 36.9 Å². The summed E-state index contributed by atoms with van der Waals surface area (Å²) in [7, 11) is 0. The predicted molar refractivity (Wildman–Crippen MR) is 165 cm³/mol. The van der Waals surface area contributed by atoms with Gasteiger partial charge in [0.15, 0.2) is 0 Å². The van der Waals surface area contributed by atoms with Crippen LogP contribution in [-0.4, -0.2) is 52.7 Å². The number of nitrogens with zero attached hydrogens (tertiary/aromatic N) is 1. The third-order valence-corrected chi connectivity index (χ3v) is 8.79. The topological polar surface area (TPSA) is 78.9 Å². The number of hydrogen-bond acceptors (Lipinski definition) is 4. The van der Waals surface area contributed by atoms with Gasteiger partial charge in [-0.3, -0.25) is 4.79 Å². The van der Waals surface area contributed by atoms with Crippen molar-refractivity contribution >= 4 is 18.0 Å². The minimum Gasteiger partial charge on any atom is -0.480 e. The van der Waals surface area contributed by atoms with Crippen LogP contribution in [0.4, 0.5) is 0 Å². The van der Waals surface area contributed by atoms with Crippen molar-refractivity contribution in [3.63, 3.8) is 0 Å². The number of allylic oxidation sites excluding steroid dienone is 1. The van der Waals surface area contributed by atoms with Crippen LogP contribution in [0, 0.1) is 5.92 Å². The van der Waals surface area contributed by atoms with Crippen LogP contribution in [0.1, 0.15) is 75.8 Å². The van der Waals surface area contributed by atoms with Gasteiger partial charge in [0.2, 0.25) is 5.91 Å². The number of aliphatic carboxylic acids is 1. The molecule has 4 rings (SSSR count). The predicted octanol–water partition coefficient (Wildman–Crippen LogP) is 6.85. The van der Waals surface area contributed by atoms with Crippen LogP contribution in [-0.2, 0) is 20.9 Å². The van der Waals surface area contributed by atoms with E-state index in [0.717, 1.165) is 73.7 Å². The molecule has 220 valence electrons. The molecule has 0 spiro atoms. The summed E-state index contributed by atoms with van der Waals surface area (Å²) < 4.78 is 6.30. The summed E-state index contributed by atoms with van der Waals surface area (Å²) in [6.45, 7) is 10.7. The fraction of sp³-hybridized carbons (Fsp3) is 0.486. The Labute approximate surface area is 245 Å². The van der Waals surface area contributed by atoms with Crippen LogP contribution in [0.25, 0.3) is 17.2 Å². The molecule has 2 aromatic rings. The van der Waals surface area contributed by atoms with Crippen LogP contribution >= 0.6 is 0 Å². The molecule has 3 atom stereocenters. The molecule has 2 aromatic carbocycles. The number of likely N-dealkylation sites (tertiary alicyclic amines) is 1. The average molecular weight is 559 g/mol. The average Bonchev–Trinajstić information content (AvgIpc) is 3.36. The minimum absolute atomic E-state index is 0.0966. The Bertz CT molecular complexity index is 1200. The lowest BCUT2D eigenvalue weighted by Crippen LogP contribution is -2.58. The Morgan fingerprint density at radius 3 is 2.54 bits per heavy atom. The van der Waals surface area contributed by atoms with Crippen molar-refractivity contribution in [3.8, 4) is 11.1 Å². The molecule has 0 unspecified atom stereocenters. The van der Waals surface area contributed by atoms with E-state index in [1.165, 1.54) is 6.42 Å². The molecule has 6 heteroatoms. The van der Waals surface area contributed by atoms with E-state index < -0.39 is 11.5 Å². The van der Waals surface area contributed by atoms with Crippen molar-refractivity contribution in [2.75, 3.05) is 13.1 Å². The van der Waals surface area contributed by atoms with Gasteiger partial charge in [0.25, 0.3) is 0 Å².